The van der Waals surface area contributed by atoms with Gasteiger partial charge in [-0.3, -0.25) is 0 Å². The number of halogens is 1. The summed E-state index contributed by atoms with van der Waals surface area (Å²) in [5.74, 6) is 0. The molecule has 0 atom stereocenters. The number of benzene rings is 2. The summed E-state index contributed by atoms with van der Waals surface area (Å²) in [6.45, 7) is 0.392. The minimum atomic E-state index is 0.392. The monoisotopic (exact) mass is 257 g/mol. The average molecular weight is 258 g/mol. The van der Waals surface area contributed by atoms with Crippen LogP contribution in [0.3, 0.4) is 0 Å². The molecule has 0 spiro atoms. The molecule has 0 aliphatic heterocycles. The maximum atomic E-state index is 6.18. The number of hydrogen-bond donors (Lipinski definition) is 1. The fourth-order valence-corrected chi connectivity index (χ4v) is 2.36. The first-order valence-electron chi connectivity index (χ1n) is 5.72. The summed E-state index contributed by atoms with van der Waals surface area (Å²) in [7, 11) is 0. The van der Waals surface area contributed by atoms with Crippen LogP contribution in [0, 0.1) is 0 Å². The highest BCUT2D eigenvalue weighted by Crippen LogP contribution is 2.25. The summed E-state index contributed by atoms with van der Waals surface area (Å²) in [6.07, 6.45) is 1.84. The van der Waals surface area contributed by atoms with Crippen LogP contribution in [0.5, 0.6) is 0 Å². The number of para-hydroxylation sites is 1. The van der Waals surface area contributed by atoms with Crippen molar-refractivity contribution in [3.63, 3.8) is 0 Å². The molecule has 1 heterocycles. The molecule has 0 saturated carbocycles. The molecule has 0 radical (unpaired) electrons. The summed E-state index contributed by atoms with van der Waals surface area (Å²) in [4.78, 5) is 0. The zero-order valence-corrected chi connectivity index (χ0v) is 10.4. The Kier molecular flexibility index (Phi) is 2.78. The molecule has 2 N–H and O–H groups in total. The lowest BCUT2D eigenvalue weighted by Crippen LogP contribution is -2.06. The Morgan fingerprint density at radius 3 is 2.78 bits per heavy atom. The van der Waals surface area contributed by atoms with Crippen molar-refractivity contribution in [3.05, 3.63) is 59.2 Å². The Hall–Kier alpha value is -1.84. The van der Waals surface area contributed by atoms with Crippen LogP contribution < -0.4 is 5.73 Å². The molecule has 18 heavy (non-hydrogen) atoms. The van der Waals surface area contributed by atoms with Crippen LogP contribution >= 0.6 is 11.6 Å². The fraction of sp³-hybridized carbons (Fsp3) is 0.0714. The van der Waals surface area contributed by atoms with Gasteiger partial charge in [-0.1, -0.05) is 35.9 Å². The van der Waals surface area contributed by atoms with Gasteiger partial charge in [0.2, 0.25) is 0 Å². The molecule has 0 fully saturated rings. The van der Waals surface area contributed by atoms with Gasteiger partial charge in [0.15, 0.2) is 0 Å². The van der Waals surface area contributed by atoms with Gasteiger partial charge in [-0.2, -0.15) is 5.10 Å². The van der Waals surface area contributed by atoms with Gasteiger partial charge in [0.25, 0.3) is 0 Å². The van der Waals surface area contributed by atoms with E-state index in [2.05, 4.69) is 5.10 Å². The van der Waals surface area contributed by atoms with Gasteiger partial charge >= 0.3 is 0 Å². The van der Waals surface area contributed by atoms with Crippen LogP contribution in [-0.4, -0.2) is 9.78 Å². The minimum Gasteiger partial charge on any atom is -0.326 e. The number of nitrogens with zero attached hydrogens (tertiary/aromatic N) is 2. The van der Waals surface area contributed by atoms with Crippen LogP contribution in [-0.2, 0) is 6.54 Å². The molecule has 2 aromatic carbocycles. The van der Waals surface area contributed by atoms with E-state index < -0.39 is 0 Å². The molecule has 0 bridgehead atoms. The van der Waals surface area contributed by atoms with E-state index in [0.29, 0.717) is 11.6 Å². The zero-order valence-electron chi connectivity index (χ0n) is 9.68. The molecule has 0 aliphatic carbocycles. The summed E-state index contributed by atoms with van der Waals surface area (Å²) < 4.78 is 1.88. The predicted octanol–water partition coefficient (Wildman–Crippen LogP) is 3.14. The minimum absolute atomic E-state index is 0.392. The number of aromatic nitrogens is 2. The van der Waals surface area contributed by atoms with Crippen molar-refractivity contribution in [2.75, 3.05) is 0 Å². The van der Waals surface area contributed by atoms with Gasteiger partial charge in [-0.05, 0) is 18.2 Å². The Balaban J connectivity index is 2.30. The molecular formula is C14H12ClN3. The van der Waals surface area contributed by atoms with Crippen molar-refractivity contribution in [1.82, 2.24) is 9.78 Å². The molecule has 0 unspecified atom stereocenters. The van der Waals surface area contributed by atoms with Crippen molar-refractivity contribution in [2.24, 2.45) is 5.73 Å². The molecule has 0 aliphatic rings. The molecule has 1 aromatic heterocycles. The van der Waals surface area contributed by atoms with Gasteiger partial charge in [-0.25, -0.2) is 4.68 Å². The topological polar surface area (TPSA) is 43.8 Å². The van der Waals surface area contributed by atoms with Crippen LogP contribution in [0.15, 0.2) is 48.7 Å². The van der Waals surface area contributed by atoms with E-state index >= 15 is 0 Å². The molecule has 3 nitrogen and oxygen atoms in total. The van der Waals surface area contributed by atoms with E-state index in [4.69, 9.17) is 17.3 Å². The Labute approximate surface area is 110 Å². The molecule has 90 valence electrons. The Bertz CT molecular complexity index is 703. The number of hydrogen-bond acceptors (Lipinski definition) is 2. The van der Waals surface area contributed by atoms with Gasteiger partial charge in [-0.15, -0.1) is 0 Å². The van der Waals surface area contributed by atoms with Crippen molar-refractivity contribution in [1.29, 1.82) is 0 Å². The van der Waals surface area contributed by atoms with Gasteiger partial charge in [0.1, 0.15) is 0 Å². The summed E-state index contributed by atoms with van der Waals surface area (Å²) in [6, 6.07) is 13.8. The van der Waals surface area contributed by atoms with E-state index in [1.807, 2.05) is 53.3 Å². The highest BCUT2D eigenvalue weighted by atomic mass is 35.5. The molecule has 3 rings (SSSR count). The average Bonchev–Trinajstić information content (AvgIpc) is 2.82. The van der Waals surface area contributed by atoms with E-state index in [0.717, 1.165) is 22.2 Å². The maximum absolute atomic E-state index is 6.18. The van der Waals surface area contributed by atoms with E-state index in [9.17, 15) is 0 Å². The third kappa shape index (κ3) is 1.68. The highest BCUT2D eigenvalue weighted by Gasteiger charge is 2.10. The quantitative estimate of drug-likeness (QED) is 0.767. The van der Waals surface area contributed by atoms with Crippen LogP contribution in [0.25, 0.3) is 16.6 Å². The molecule has 0 saturated heterocycles. The Morgan fingerprint density at radius 1 is 1.11 bits per heavy atom. The lowest BCUT2D eigenvalue weighted by molar-refractivity contribution is 0.885. The predicted molar refractivity (Wildman–Crippen MR) is 74.0 cm³/mol. The summed E-state index contributed by atoms with van der Waals surface area (Å²) >= 11 is 6.18. The normalized spacial score (nSPS) is 11.0. The van der Waals surface area contributed by atoms with E-state index in [-0.39, 0.29) is 0 Å². The first kappa shape index (κ1) is 11.3. The third-order valence-corrected chi connectivity index (χ3v) is 3.36. The first-order chi connectivity index (χ1) is 8.81. The second-order valence-electron chi connectivity index (χ2n) is 4.06. The van der Waals surface area contributed by atoms with Gasteiger partial charge in [0, 0.05) is 22.5 Å². The zero-order chi connectivity index (χ0) is 12.5. The van der Waals surface area contributed by atoms with Crippen molar-refractivity contribution in [3.8, 4) is 5.69 Å². The second kappa shape index (κ2) is 4.44. The number of rotatable bonds is 2. The van der Waals surface area contributed by atoms with Crippen LogP contribution in [0.4, 0.5) is 0 Å². The highest BCUT2D eigenvalue weighted by molar-refractivity contribution is 6.31. The second-order valence-corrected chi connectivity index (χ2v) is 4.46. The number of fused-ring (bicyclic) bond motifs is 1. The molecule has 3 aromatic rings. The fourth-order valence-electron chi connectivity index (χ4n) is 2.11. The van der Waals surface area contributed by atoms with Gasteiger partial charge < -0.3 is 5.73 Å². The van der Waals surface area contributed by atoms with Crippen molar-refractivity contribution < 1.29 is 0 Å². The largest absolute Gasteiger partial charge is 0.326 e. The number of nitrogens with two attached hydrogens (primary N) is 1. The molecule has 0 amide bonds. The maximum Gasteiger partial charge on any atom is 0.0741 e. The van der Waals surface area contributed by atoms with Crippen molar-refractivity contribution in [2.45, 2.75) is 6.54 Å². The molecular weight excluding hydrogens is 246 g/mol. The lowest BCUT2D eigenvalue weighted by atomic mass is 10.1. The smallest absolute Gasteiger partial charge is 0.0741 e. The van der Waals surface area contributed by atoms with Crippen LogP contribution in [0.1, 0.15) is 5.56 Å². The third-order valence-electron chi connectivity index (χ3n) is 3.00. The summed E-state index contributed by atoms with van der Waals surface area (Å²) in [5, 5.41) is 6.19. The van der Waals surface area contributed by atoms with E-state index in [1.54, 1.807) is 0 Å². The first-order valence-corrected chi connectivity index (χ1v) is 6.09. The van der Waals surface area contributed by atoms with E-state index in [1.165, 1.54) is 0 Å². The molecule has 4 heteroatoms. The van der Waals surface area contributed by atoms with Crippen LogP contribution in [0.2, 0.25) is 5.02 Å². The van der Waals surface area contributed by atoms with Crippen molar-refractivity contribution >= 4 is 22.5 Å². The lowest BCUT2D eigenvalue weighted by Gasteiger charge is -2.10. The Morgan fingerprint density at radius 2 is 1.94 bits per heavy atom. The van der Waals surface area contributed by atoms with Gasteiger partial charge in [0.05, 0.1) is 17.4 Å². The standard InChI is InChI=1S/C14H12ClN3/c15-12-5-3-7-14(11(12)8-16)18-13-6-2-1-4-10(13)9-17-18/h1-7,9H,8,16H2. The SMILES string of the molecule is NCc1c(Cl)cccc1-n1ncc2ccccc21. The summed E-state index contributed by atoms with van der Waals surface area (Å²) in [5.41, 5.74) is 8.67.